The molecule has 2 aliphatic heterocycles. The van der Waals surface area contributed by atoms with Crippen molar-refractivity contribution in [2.45, 2.75) is 18.9 Å². The number of rotatable bonds is 4. The van der Waals surface area contributed by atoms with Crippen LogP contribution in [-0.4, -0.2) is 76.3 Å². The molecule has 0 atom stereocenters. The number of aliphatic hydroxyl groups is 1. The van der Waals surface area contributed by atoms with Crippen molar-refractivity contribution >= 4 is 17.7 Å². The third-order valence-corrected chi connectivity index (χ3v) is 5.15. The van der Waals surface area contributed by atoms with E-state index in [9.17, 15) is 5.11 Å². The number of aromatic nitrogens is 3. The van der Waals surface area contributed by atoms with Crippen molar-refractivity contribution in [1.82, 2.24) is 19.9 Å². The molecule has 8 nitrogen and oxygen atoms in total. The molecule has 2 aromatic rings. The molecule has 0 bridgehead atoms. The largest absolute Gasteiger partial charge is 0.393 e. The van der Waals surface area contributed by atoms with Crippen LogP contribution in [0.3, 0.4) is 0 Å². The van der Waals surface area contributed by atoms with Crippen LogP contribution in [0.25, 0.3) is 17.5 Å². The predicted octanol–water partition coefficient (Wildman–Crippen LogP) is 1.76. The van der Waals surface area contributed by atoms with Crippen molar-refractivity contribution in [3.05, 3.63) is 36.3 Å². The number of pyridine rings is 1. The monoisotopic (exact) mass is 382 g/mol. The van der Waals surface area contributed by atoms with Gasteiger partial charge in [0, 0.05) is 26.2 Å². The second-order valence-corrected chi connectivity index (χ2v) is 7.10. The van der Waals surface area contributed by atoms with Gasteiger partial charge in [0.05, 0.1) is 36.9 Å². The van der Waals surface area contributed by atoms with E-state index in [1.807, 2.05) is 29.2 Å². The van der Waals surface area contributed by atoms with E-state index in [-0.39, 0.29) is 6.10 Å². The molecule has 2 fully saturated rings. The first-order chi connectivity index (χ1) is 13.7. The van der Waals surface area contributed by atoms with Gasteiger partial charge in [-0.05, 0) is 37.1 Å². The zero-order valence-corrected chi connectivity index (χ0v) is 15.8. The minimum absolute atomic E-state index is 0.197. The minimum atomic E-state index is -0.197. The second-order valence-electron chi connectivity index (χ2n) is 7.10. The van der Waals surface area contributed by atoms with Crippen LogP contribution >= 0.6 is 0 Å². The van der Waals surface area contributed by atoms with Gasteiger partial charge in [0.1, 0.15) is 17.5 Å². The van der Waals surface area contributed by atoms with E-state index in [2.05, 4.69) is 14.9 Å². The first-order valence-corrected chi connectivity index (χ1v) is 9.74. The Morgan fingerprint density at radius 1 is 1.21 bits per heavy atom. The molecule has 0 spiro atoms. The Bertz CT molecular complexity index is 835. The summed E-state index contributed by atoms with van der Waals surface area (Å²) < 4.78 is 5.32. The molecule has 4 heterocycles. The molecule has 3 N–H and O–H groups in total. The number of imidazole rings is 1. The van der Waals surface area contributed by atoms with Crippen LogP contribution in [0.1, 0.15) is 18.7 Å². The second kappa shape index (κ2) is 8.53. The minimum Gasteiger partial charge on any atom is -0.393 e. The average Bonchev–Trinajstić information content (AvgIpc) is 3.22. The average molecular weight is 382 g/mol. The van der Waals surface area contributed by atoms with Crippen LogP contribution in [0.5, 0.6) is 0 Å². The number of piperidine rings is 1. The van der Waals surface area contributed by atoms with Gasteiger partial charge in [-0.3, -0.25) is 5.41 Å². The maximum Gasteiger partial charge on any atom is 0.130 e. The molecule has 0 saturated carbocycles. The number of aliphatic hydroxyl groups excluding tert-OH is 1. The summed E-state index contributed by atoms with van der Waals surface area (Å²) in [5.41, 5.74) is 1.68. The van der Waals surface area contributed by atoms with E-state index < -0.39 is 0 Å². The number of anilines is 1. The van der Waals surface area contributed by atoms with Crippen molar-refractivity contribution in [3.63, 3.8) is 0 Å². The number of ether oxygens (including phenoxy) is 1. The number of morpholine rings is 1. The standard InChI is InChI=1S/C20H26N6O2/c21-18(25-10-12-28-13-11-25)4-5-19-22-14-17(23-19)16-2-1-3-20(24-16)26-8-6-15(27)7-9-26/h1-5,14-15,21,27H,6-13H2,(H,22,23)/b5-4-,21-18?. The molecule has 28 heavy (non-hydrogen) atoms. The van der Waals surface area contributed by atoms with Crippen molar-refractivity contribution in [1.29, 1.82) is 5.41 Å². The van der Waals surface area contributed by atoms with Gasteiger partial charge in [0.2, 0.25) is 0 Å². The summed E-state index contributed by atoms with van der Waals surface area (Å²) in [6.07, 6.45) is 6.70. The first-order valence-electron chi connectivity index (χ1n) is 9.74. The van der Waals surface area contributed by atoms with E-state index in [1.165, 1.54) is 0 Å². The van der Waals surface area contributed by atoms with E-state index >= 15 is 0 Å². The third kappa shape index (κ3) is 4.40. The SMILES string of the molecule is N=C(/C=C\c1ncc(-c2cccc(N3CCC(O)CC3)n2)[nH]1)N1CCOCC1. The summed E-state index contributed by atoms with van der Waals surface area (Å²) >= 11 is 0. The van der Waals surface area contributed by atoms with Crippen molar-refractivity contribution in [2.24, 2.45) is 0 Å². The van der Waals surface area contributed by atoms with E-state index in [4.69, 9.17) is 15.1 Å². The maximum absolute atomic E-state index is 9.69. The molecule has 0 radical (unpaired) electrons. The molecule has 148 valence electrons. The van der Waals surface area contributed by atoms with Gasteiger partial charge in [-0.1, -0.05) is 6.07 Å². The number of hydrogen-bond acceptors (Lipinski definition) is 6. The molecule has 0 aliphatic carbocycles. The Kier molecular flexibility index (Phi) is 5.68. The topological polar surface area (TPSA) is 101 Å². The lowest BCUT2D eigenvalue weighted by atomic mass is 10.1. The molecule has 0 aromatic carbocycles. The summed E-state index contributed by atoms with van der Waals surface area (Å²) in [4.78, 5) is 16.6. The molecule has 2 saturated heterocycles. The van der Waals surface area contributed by atoms with Crippen LogP contribution < -0.4 is 4.90 Å². The highest BCUT2D eigenvalue weighted by molar-refractivity contribution is 5.93. The number of amidine groups is 1. The van der Waals surface area contributed by atoms with Gasteiger partial charge >= 0.3 is 0 Å². The zero-order chi connectivity index (χ0) is 19.3. The first kappa shape index (κ1) is 18.6. The predicted molar refractivity (Wildman–Crippen MR) is 108 cm³/mol. The Balaban J connectivity index is 1.43. The maximum atomic E-state index is 9.69. The van der Waals surface area contributed by atoms with Crippen molar-refractivity contribution in [2.75, 3.05) is 44.3 Å². The normalized spacial score (nSPS) is 18.8. The lowest BCUT2D eigenvalue weighted by Gasteiger charge is -2.30. The summed E-state index contributed by atoms with van der Waals surface area (Å²) in [5, 5.41) is 17.9. The summed E-state index contributed by atoms with van der Waals surface area (Å²) in [7, 11) is 0. The van der Waals surface area contributed by atoms with Crippen molar-refractivity contribution in [3.8, 4) is 11.4 Å². The quantitative estimate of drug-likeness (QED) is 0.550. The van der Waals surface area contributed by atoms with Gasteiger partial charge in [-0.15, -0.1) is 0 Å². The molecule has 4 rings (SSSR count). The van der Waals surface area contributed by atoms with Gasteiger partial charge in [-0.25, -0.2) is 9.97 Å². The van der Waals surface area contributed by atoms with Crippen LogP contribution in [0.4, 0.5) is 5.82 Å². The van der Waals surface area contributed by atoms with E-state index in [0.29, 0.717) is 24.9 Å². The molecule has 0 amide bonds. The Morgan fingerprint density at radius 3 is 2.79 bits per heavy atom. The molecule has 8 heteroatoms. The van der Waals surface area contributed by atoms with E-state index in [0.717, 1.165) is 56.2 Å². The fourth-order valence-corrected chi connectivity index (χ4v) is 3.46. The van der Waals surface area contributed by atoms with Crippen LogP contribution in [0.15, 0.2) is 30.5 Å². The summed E-state index contributed by atoms with van der Waals surface area (Å²) in [5.74, 6) is 2.08. The molecular weight excluding hydrogens is 356 g/mol. The fraction of sp³-hybridized carbons (Fsp3) is 0.450. The number of aromatic amines is 1. The van der Waals surface area contributed by atoms with Gasteiger partial charge in [0.25, 0.3) is 0 Å². The smallest absolute Gasteiger partial charge is 0.130 e. The van der Waals surface area contributed by atoms with Crippen LogP contribution in [-0.2, 0) is 4.74 Å². The number of nitrogens with one attached hydrogen (secondary N) is 2. The highest BCUT2D eigenvalue weighted by Crippen LogP contribution is 2.22. The summed E-state index contributed by atoms with van der Waals surface area (Å²) in [6.45, 7) is 4.46. The van der Waals surface area contributed by atoms with Crippen LogP contribution in [0, 0.1) is 5.41 Å². The van der Waals surface area contributed by atoms with Gasteiger partial charge in [-0.2, -0.15) is 0 Å². The van der Waals surface area contributed by atoms with Crippen molar-refractivity contribution < 1.29 is 9.84 Å². The number of H-pyrrole nitrogens is 1. The fourth-order valence-electron chi connectivity index (χ4n) is 3.46. The molecule has 2 aliphatic rings. The highest BCUT2D eigenvalue weighted by Gasteiger charge is 2.18. The Morgan fingerprint density at radius 2 is 2.00 bits per heavy atom. The van der Waals surface area contributed by atoms with Gasteiger partial charge < -0.3 is 24.6 Å². The number of hydrogen-bond donors (Lipinski definition) is 3. The lowest BCUT2D eigenvalue weighted by Crippen LogP contribution is -2.39. The zero-order valence-electron chi connectivity index (χ0n) is 15.8. The Labute approximate surface area is 164 Å². The lowest BCUT2D eigenvalue weighted by molar-refractivity contribution is 0.0681. The molecular formula is C20H26N6O2. The highest BCUT2D eigenvalue weighted by atomic mass is 16.5. The van der Waals surface area contributed by atoms with Gasteiger partial charge in [0.15, 0.2) is 0 Å². The summed E-state index contributed by atoms with van der Waals surface area (Å²) in [6, 6.07) is 5.95. The number of nitrogens with zero attached hydrogens (tertiary/aromatic N) is 4. The molecule has 0 unspecified atom stereocenters. The third-order valence-electron chi connectivity index (χ3n) is 5.15. The van der Waals surface area contributed by atoms with E-state index in [1.54, 1.807) is 12.3 Å². The molecule has 2 aromatic heterocycles. The van der Waals surface area contributed by atoms with Crippen LogP contribution in [0.2, 0.25) is 0 Å². The Hall–Kier alpha value is -2.71.